The lowest BCUT2D eigenvalue weighted by Crippen LogP contribution is -2.22. The predicted molar refractivity (Wildman–Crippen MR) is 78.5 cm³/mol. The van der Waals surface area contributed by atoms with Crippen LogP contribution in [0.15, 0.2) is 46.7 Å². The number of thiophene rings is 1. The first kappa shape index (κ1) is 12.4. The first-order valence-corrected chi connectivity index (χ1v) is 7.35. The second-order valence-electron chi connectivity index (χ2n) is 4.52. The highest BCUT2D eigenvalue weighted by molar-refractivity contribution is 7.17. The SMILES string of the molecule is CCCNC(c1ccoc1)c1cnc2ccsc2c1. The molecule has 1 N–H and O–H groups in total. The highest BCUT2D eigenvalue weighted by atomic mass is 32.1. The lowest BCUT2D eigenvalue weighted by atomic mass is 10.0. The third kappa shape index (κ3) is 2.55. The summed E-state index contributed by atoms with van der Waals surface area (Å²) < 4.78 is 6.44. The number of pyridine rings is 1. The van der Waals surface area contributed by atoms with E-state index in [1.807, 2.05) is 12.3 Å². The molecule has 1 unspecified atom stereocenters. The van der Waals surface area contributed by atoms with Gasteiger partial charge in [-0.15, -0.1) is 11.3 Å². The molecular formula is C15H16N2OS. The molecule has 3 rings (SSSR count). The summed E-state index contributed by atoms with van der Waals surface area (Å²) in [7, 11) is 0. The Balaban J connectivity index is 1.97. The number of furan rings is 1. The molecule has 0 aliphatic rings. The van der Waals surface area contributed by atoms with Crippen molar-refractivity contribution in [1.29, 1.82) is 0 Å². The van der Waals surface area contributed by atoms with Crippen LogP contribution in [0.25, 0.3) is 10.2 Å². The van der Waals surface area contributed by atoms with Crippen LogP contribution < -0.4 is 5.32 Å². The standard InChI is InChI=1S/C15H16N2OS/c1-2-5-16-15(11-3-6-18-10-11)12-8-14-13(17-9-12)4-7-19-14/h3-4,6-10,15-16H,2,5H2,1H3. The van der Waals surface area contributed by atoms with Crippen LogP contribution in [0.4, 0.5) is 0 Å². The average molecular weight is 272 g/mol. The summed E-state index contributed by atoms with van der Waals surface area (Å²) in [6.07, 6.45) is 6.57. The molecule has 1 atom stereocenters. The third-order valence-electron chi connectivity index (χ3n) is 3.13. The Hall–Kier alpha value is -1.65. The zero-order valence-corrected chi connectivity index (χ0v) is 11.6. The van der Waals surface area contributed by atoms with Crippen molar-refractivity contribution in [3.63, 3.8) is 0 Å². The van der Waals surface area contributed by atoms with Gasteiger partial charge in [0.15, 0.2) is 0 Å². The lowest BCUT2D eigenvalue weighted by Gasteiger charge is -2.17. The molecule has 0 aromatic carbocycles. The van der Waals surface area contributed by atoms with E-state index in [4.69, 9.17) is 4.42 Å². The minimum absolute atomic E-state index is 0.151. The smallest absolute Gasteiger partial charge is 0.0953 e. The summed E-state index contributed by atoms with van der Waals surface area (Å²) in [6, 6.07) is 6.42. The van der Waals surface area contributed by atoms with Gasteiger partial charge in [-0.05, 0) is 42.1 Å². The van der Waals surface area contributed by atoms with E-state index >= 15 is 0 Å². The maximum absolute atomic E-state index is 5.21. The van der Waals surface area contributed by atoms with Gasteiger partial charge in [0.2, 0.25) is 0 Å². The van der Waals surface area contributed by atoms with Crippen LogP contribution in [0.5, 0.6) is 0 Å². The summed E-state index contributed by atoms with van der Waals surface area (Å²) in [5.41, 5.74) is 3.39. The van der Waals surface area contributed by atoms with E-state index in [1.165, 1.54) is 10.3 Å². The Bertz CT molecular complexity index is 645. The molecular weight excluding hydrogens is 256 g/mol. The number of aromatic nitrogens is 1. The number of nitrogens with zero attached hydrogens (tertiary/aromatic N) is 1. The second kappa shape index (κ2) is 5.55. The van der Waals surface area contributed by atoms with Gasteiger partial charge in [-0.1, -0.05) is 6.92 Å². The van der Waals surface area contributed by atoms with Gasteiger partial charge in [0, 0.05) is 11.8 Å². The topological polar surface area (TPSA) is 38.1 Å². The Morgan fingerprint density at radius 2 is 2.32 bits per heavy atom. The molecule has 0 aliphatic carbocycles. The van der Waals surface area contributed by atoms with Gasteiger partial charge in [0.05, 0.1) is 28.8 Å². The third-order valence-corrected chi connectivity index (χ3v) is 3.99. The number of rotatable bonds is 5. The largest absolute Gasteiger partial charge is 0.472 e. The van der Waals surface area contributed by atoms with Crippen molar-refractivity contribution in [3.8, 4) is 0 Å². The quantitative estimate of drug-likeness (QED) is 0.763. The normalized spacial score (nSPS) is 12.9. The van der Waals surface area contributed by atoms with Gasteiger partial charge in [0.1, 0.15) is 0 Å². The van der Waals surface area contributed by atoms with Crippen LogP contribution in [0.1, 0.15) is 30.5 Å². The van der Waals surface area contributed by atoms with E-state index in [1.54, 1.807) is 23.9 Å². The van der Waals surface area contributed by atoms with E-state index in [-0.39, 0.29) is 6.04 Å². The summed E-state index contributed by atoms with van der Waals surface area (Å²) >= 11 is 1.73. The van der Waals surface area contributed by atoms with Crippen molar-refractivity contribution in [2.24, 2.45) is 0 Å². The Kier molecular flexibility index (Phi) is 3.62. The van der Waals surface area contributed by atoms with Crippen LogP contribution in [0, 0.1) is 0 Å². The van der Waals surface area contributed by atoms with Crippen LogP contribution in [-0.2, 0) is 0 Å². The van der Waals surface area contributed by atoms with E-state index in [0.29, 0.717) is 0 Å². The molecule has 0 fully saturated rings. The summed E-state index contributed by atoms with van der Waals surface area (Å²) in [5, 5.41) is 5.63. The van der Waals surface area contributed by atoms with Crippen molar-refractivity contribution in [3.05, 3.63) is 53.4 Å². The van der Waals surface area contributed by atoms with Crippen molar-refractivity contribution in [1.82, 2.24) is 10.3 Å². The van der Waals surface area contributed by atoms with Crippen LogP contribution in [0.3, 0.4) is 0 Å². The maximum atomic E-state index is 5.21. The van der Waals surface area contributed by atoms with Crippen molar-refractivity contribution >= 4 is 21.6 Å². The molecule has 4 heteroatoms. The van der Waals surface area contributed by atoms with Crippen molar-refractivity contribution in [2.75, 3.05) is 6.54 Å². The summed E-state index contributed by atoms with van der Waals surface area (Å²) in [5.74, 6) is 0. The van der Waals surface area contributed by atoms with Crippen LogP contribution in [0.2, 0.25) is 0 Å². The molecule has 98 valence electrons. The Morgan fingerprint density at radius 1 is 1.37 bits per heavy atom. The van der Waals surface area contributed by atoms with Gasteiger partial charge < -0.3 is 9.73 Å². The molecule has 3 aromatic rings. The first-order chi connectivity index (χ1) is 9.38. The zero-order valence-electron chi connectivity index (χ0n) is 10.8. The molecule has 0 bridgehead atoms. The zero-order chi connectivity index (χ0) is 13.1. The van der Waals surface area contributed by atoms with Gasteiger partial charge in [-0.2, -0.15) is 0 Å². The molecule has 19 heavy (non-hydrogen) atoms. The molecule has 0 aliphatic heterocycles. The molecule has 3 heterocycles. The molecule has 0 spiro atoms. The molecule has 0 saturated heterocycles. The monoisotopic (exact) mass is 272 g/mol. The van der Waals surface area contributed by atoms with E-state index in [9.17, 15) is 0 Å². The van der Waals surface area contributed by atoms with Crippen LogP contribution >= 0.6 is 11.3 Å². The average Bonchev–Trinajstić information content (AvgIpc) is 3.09. The predicted octanol–water partition coefficient (Wildman–Crippen LogP) is 3.98. The molecule has 0 saturated carbocycles. The summed E-state index contributed by atoms with van der Waals surface area (Å²) in [6.45, 7) is 3.14. The number of hydrogen-bond donors (Lipinski definition) is 1. The van der Waals surface area contributed by atoms with E-state index < -0.39 is 0 Å². The van der Waals surface area contributed by atoms with Gasteiger partial charge in [-0.3, -0.25) is 4.98 Å². The van der Waals surface area contributed by atoms with Gasteiger partial charge in [-0.25, -0.2) is 0 Å². The molecule has 0 radical (unpaired) electrons. The summed E-state index contributed by atoms with van der Waals surface area (Å²) in [4.78, 5) is 4.52. The van der Waals surface area contributed by atoms with Crippen molar-refractivity contribution < 1.29 is 4.42 Å². The minimum Gasteiger partial charge on any atom is -0.472 e. The van der Waals surface area contributed by atoms with E-state index in [0.717, 1.165) is 24.0 Å². The Morgan fingerprint density at radius 3 is 3.11 bits per heavy atom. The van der Waals surface area contributed by atoms with Crippen LogP contribution in [-0.4, -0.2) is 11.5 Å². The molecule has 0 amide bonds. The first-order valence-electron chi connectivity index (χ1n) is 6.47. The highest BCUT2D eigenvalue weighted by Crippen LogP contribution is 2.26. The fraction of sp³-hybridized carbons (Fsp3) is 0.267. The number of hydrogen-bond acceptors (Lipinski definition) is 4. The minimum atomic E-state index is 0.151. The fourth-order valence-electron chi connectivity index (χ4n) is 2.18. The molecule has 3 aromatic heterocycles. The second-order valence-corrected chi connectivity index (χ2v) is 5.46. The number of nitrogens with one attached hydrogen (secondary N) is 1. The molecule has 3 nitrogen and oxygen atoms in total. The number of fused-ring (bicyclic) bond motifs is 1. The fourth-order valence-corrected chi connectivity index (χ4v) is 2.96. The Labute approximate surface area is 116 Å². The lowest BCUT2D eigenvalue weighted by molar-refractivity contribution is 0.548. The van der Waals surface area contributed by atoms with Gasteiger partial charge in [0.25, 0.3) is 0 Å². The van der Waals surface area contributed by atoms with Gasteiger partial charge >= 0.3 is 0 Å². The maximum Gasteiger partial charge on any atom is 0.0953 e. The highest BCUT2D eigenvalue weighted by Gasteiger charge is 2.15. The van der Waals surface area contributed by atoms with E-state index in [2.05, 4.69) is 34.7 Å². The van der Waals surface area contributed by atoms with Crippen molar-refractivity contribution in [2.45, 2.75) is 19.4 Å².